The van der Waals surface area contributed by atoms with Gasteiger partial charge in [0.05, 0.1) is 0 Å². The number of nitrogens with zero attached hydrogens (tertiary/aromatic N) is 2. The van der Waals surface area contributed by atoms with E-state index < -0.39 is 23.4 Å². The smallest absolute Gasteiger partial charge is 0.313 e. The van der Waals surface area contributed by atoms with Crippen LogP contribution in [0, 0.1) is 11.6 Å². The zero-order valence-electron chi connectivity index (χ0n) is 13.6. The zero-order chi connectivity index (χ0) is 17.3. The van der Waals surface area contributed by atoms with Crippen molar-refractivity contribution in [3.05, 3.63) is 29.8 Å². The van der Waals surface area contributed by atoms with Crippen molar-refractivity contribution >= 4 is 17.5 Å². The standard InChI is InChI=1S/C17H21F2N3O2/c1-2-12-9-21-7-3-4-13(21)10-22(12)17(24)16(23)20-11-5-6-14(18)15(19)8-11/h5-6,8,12-13H,2-4,7,9-10H2,1H3,(H,20,23)/t12-,13-/m0/s1. The molecule has 2 fully saturated rings. The molecule has 3 rings (SSSR count). The molecule has 2 saturated heterocycles. The van der Waals surface area contributed by atoms with Crippen LogP contribution in [0.4, 0.5) is 14.5 Å². The van der Waals surface area contributed by atoms with E-state index in [1.54, 1.807) is 4.90 Å². The number of hydrogen-bond donors (Lipinski definition) is 1. The predicted octanol–water partition coefficient (Wildman–Crippen LogP) is 1.99. The van der Waals surface area contributed by atoms with Gasteiger partial charge in [0.2, 0.25) is 0 Å². The molecular formula is C17H21F2N3O2. The quantitative estimate of drug-likeness (QED) is 0.840. The number of carbonyl (C=O) groups excluding carboxylic acids is 2. The van der Waals surface area contributed by atoms with Crippen molar-refractivity contribution in [1.29, 1.82) is 0 Å². The Morgan fingerprint density at radius 1 is 1.25 bits per heavy atom. The molecule has 1 aromatic carbocycles. The highest BCUT2D eigenvalue weighted by Crippen LogP contribution is 2.26. The first kappa shape index (κ1) is 16.8. The molecule has 1 aromatic rings. The molecule has 2 amide bonds. The van der Waals surface area contributed by atoms with E-state index in [0.29, 0.717) is 12.6 Å². The largest absolute Gasteiger partial charge is 0.329 e. The van der Waals surface area contributed by atoms with Crippen LogP contribution >= 0.6 is 0 Å². The summed E-state index contributed by atoms with van der Waals surface area (Å²) in [4.78, 5) is 28.8. The maximum Gasteiger partial charge on any atom is 0.313 e. The number of carbonyl (C=O) groups is 2. The van der Waals surface area contributed by atoms with Crippen molar-refractivity contribution in [2.24, 2.45) is 0 Å². The molecule has 0 aliphatic carbocycles. The molecule has 130 valence electrons. The van der Waals surface area contributed by atoms with Crippen molar-refractivity contribution < 1.29 is 18.4 Å². The van der Waals surface area contributed by atoms with Gasteiger partial charge in [0.1, 0.15) is 0 Å². The van der Waals surface area contributed by atoms with Crippen LogP contribution in [0.25, 0.3) is 0 Å². The van der Waals surface area contributed by atoms with Gasteiger partial charge >= 0.3 is 11.8 Å². The van der Waals surface area contributed by atoms with Gasteiger partial charge in [0.15, 0.2) is 11.6 Å². The zero-order valence-corrected chi connectivity index (χ0v) is 13.6. The SMILES string of the molecule is CC[C@H]1CN2CCC[C@H]2CN1C(=O)C(=O)Nc1ccc(F)c(F)c1. The second kappa shape index (κ2) is 6.84. The van der Waals surface area contributed by atoms with Gasteiger partial charge < -0.3 is 10.2 Å². The van der Waals surface area contributed by atoms with Crippen molar-refractivity contribution in [3.8, 4) is 0 Å². The minimum atomic E-state index is -1.06. The topological polar surface area (TPSA) is 52.7 Å². The fourth-order valence-electron chi connectivity index (χ4n) is 3.57. The maximum atomic E-state index is 13.2. The fraction of sp³-hybridized carbons (Fsp3) is 0.529. The molecule has 0 spiro atoms. The molecule has 2 atom stereocenters. The highest BCUT2D eigenvalue weighted by atomic mass is 19.2. The highest BCUT2D eigenvalue weighted by molar-refractivity contribution is 6.39. The third-order valence-electron chi connectivity index (χ3n) is 4.90. The van der Waals surface area contributed by atoms with Gasteiger partial charge in [0.25, 0.3) is 0 Å². The van der Waals surface area contributed by atoms with Crippen molar-refractivity contribution in [2.45, 2.75) is 38.3 Å². The van der Waals surface area contributed by atoms with E-state index in [1.165, 1.54) is 6.07 Å². The molecule has 2 heterocycles. The molecule has 5 nitrogen and oxygen atoms in total. The van der Waals surface area contributed by atoms with Crippen molar-refractivity contribution in [1.82, 2.24) is 9.80 Å². The van der Waals surface area contributed by atoms with E-state index in [-0.39, 0.29) is 11.7 Å². The lowest BCUT2D eigenvalue weighted by Gasteiger charge is -2.43. The summed E-state index contributed by atoms with van der Waals surface area (Å²) in [5.41, 5.74) is 0.0693. The Hall–Kier alpha value is -2.02. The molecular weight excluding hydrogens is 316 g/mol. The number of piperazine rings is 1. The summed E-state index contributed by atoms with van der Waals surface area (Å²) in [6.07, 6.45) is 2.92. The minimum absolute atomic E-state index is 0.00236. The van der Waals surface area contributed by atoms with Gasteiger partial charge in [-0.25, -0.2) is 8.78 Å². The van der Waals surface area contributed by atoms with Crippen LogP contribution < -0.4 is 5.32 Å². The molecule has 0 radical (unpaired) electrons. The molecule has 24 heavy (non-hydrogen) atoms. The van der Waals surface area contributed by atoms with Crippen LogP contribution in [-0.4, -0.2) is 53.3 Å². The Bertz CT molecular complexity index is 653. The van der Waals surface area contributed by atoms with Crippen molar-refractivity contribution in [3.63, 3.8) is 0 Å². The predicted molar refractivity (Wildman–Crippen MR) is 85.4 cm³/mol. The van der Waals surface area contributed by atoms with E-state index in [1.807, 2.05) is 6.92 Å². The Kier molecular flexibility index (Phi) is 4.80. The Balaban J connectivity index is 1.69. The number of benzene rings is 1. The average molecular weight is 337 g/mol. The number of amides is 2. The van der Waals surface area contributed by atoms with Crippen LogP contribution in [0.2, 0.25) is 0 Å². The number of nitrogens with one attached hydrogen (secondary N) is 1. The monoisotopic (exact) mass is 337 g/mol. The fourth-order valence-corrected chi connectivity index (χ4v) is 3.57. The van der Waals surface area contributed by atoms with Gasteiger partial charge in [-0.3, -0.25) is 14.5 Å². The number of rotatable bonds is 2. The van der Waals surface area contributed by atoms with Gasteiger partial charge in [-0.1, -0.05) is 6.92 Å². The number of anilines is 1. The first-order valence-electron chi connectivity index (χ1n) is 8.30. The van der Waals surface area contributed by atoms with Crippen LogP contribution in [0.3, 0.4) is 0 Å². The summed E-state index contributed by atoms with van der Waals surface area (Å²) >= 11 is 0. The van der Waals surface area contributed by atoms with Gasteiger partial charge in [-0.2, -0.15) is 0 Å². The molecule has 7 heteroatoms. The van der Waals surface area contributed by atoms with E-state index in [9.17, 15) is 18.4 Å². The average Bonchev–Trinajstić information content (AvgIpc) is 3.03. The second-order valence-corrected chi connectivity index (χ2v) is 6.39. The lowest BCUT2D eigenvalue weighted by atomic mass is 10.0. The highest BCUT2D eigenvalue weighted by Gasteiger charge is 2.39. The summed E-state index contributed by atoms with van der Waals surface area (Å²) in [5, 5.41) is 2.36. The first-order valence-corrected chi connectivity index (χ1v) is 8.30. The lowest BCUT2D eigenvalue weighted by molar-refractivity contribution is -0.147. The Morgan fingerprint density at radius 3 is 2.75 bits per heavy atom. The van der Waals surface area contributed by atoms with Crippen molar-refractivity contribution in [2.75, 3.05) is 25.0 Å². The van der Waals surface area contributed by atoms with E-state index in [2.05, 4.69) is 10.2 Å². The second-order valence-electron chi connectivity index (χ2n) is 6.39. The van der Waals surface area contributed by atoms with Gasteiger partial charge in [-0.05, 0) is 37.9 Å². The summed E-state index contributed by atoms with van der Waals surface area (Å²) in [6, 6.07) is 3.33. The molecule has 2 aliphatic heterocycles. The Morgan fingerprint density at radius 2 is 2.04 bits per heavy atom. The van der Waals surface area contributed by atoms with E-state index in [4.69, 9.17) is 0 Å². The van der Waals surface area contributed by atoms with Crippen LogP contribution in [0.15, 0.2) is 18.2 Å². The maximum absolute atomic E-state index is 13.2. The van der Waals surface area contributed by atoms with E-state index in [0.717, 1.165) is 44.5 Å². The summed E-state index contributed by atoms with van der Waals surface area (Å²) < 4.78 is 26.2. The number of halogens is 2. The lowest BCUT2D eigenvalue weighted by Crippen LogP contribution is -2.59. The molecule has 0 aromatic heterocycles. The molecule has 1 N–H and O–H groups in total. The molecule has 2 aliphatic rings. The number of fused-ring (bicyclic) bond motifs is 1. The third-order valence-corrected chi connectivity index (χ3v) is 4.90. The summed E-state index contributed by atoms with van der Waals surface area (Å²) in [5.74, 6) is -3.49. The van der Waals surface area contributed by atoms with E-state index >= 15 is 0 Å². The van der Waals surface area contributed by atoms with Crippen LogP contribution in [0.1, 0.15) is 26.2 Å². The molecule has 0 unspecified atom stereocenters. The molecule has 0 saturated carbocycles. The Labute approximate surface area is 139 Å². The third kappa shape index (κ3) is 3.26. The van der Waals surface area contributed by atoms with Crippen LogP contribution in [-0.2, 0) is 9.59 Å². The molecule has 0 bridgehead atoms. The minimum Gasteiger partial charge on any atom is -0.329 e. The summed E-state index contributed by atoms with van der Waals surface area (Å²) in [7, 11) is 0. The number of hydrogen-bond acceptors (Lipinski definition) is 3. The van der Waals surface area contributed by atoms with Gasteiger partial charge in [-0.15, -0.1) is 0 Å². The normalized spacial score (nSPS) is 23.9. The van der Waals surface area contributed by atoms with Gasteiger partial charge in [0, 0.05) is 36.9 Å². The van der Waals surface area contributed by atoms with Crippen LogP contribution in [0.5, 0.6) is 0 Å². The first-order chi connectivity index (χ1) is 11.5. The summed E-state index contributed by atoms with van der Waals surface area (Å²) in [6.45, 7) is 4.37.